The Kier molecular flexibility index (Phi) is 6.06. The molecule has 19 heavy (non-hydrogen) atoms. The maximum atomic E-state index is 6.22. The topological polar surface area (TPSA) is 12.0 Å². The average Bonchev–Trinajstić information content (AvgIpc) is 2.41. The van der Waals surface area contributed by atoms with Crippen molar-refractivity contribution < 1.29 is 0 Å². The number of nitrogens with one attached hydrogen (secondary N) is 1. The molecule has 1 N–H and O–H groups in total. The van der Waals surface area contributed by atoms with Gasteiger partial charge in [-0.1, -0.05) is 43.5 Å². The van der Waals surface area contributed by atoms with Crippen LogP contribution in [-0.2, 0) is 0 Å². The number of rotatable bonds is 5. The quantitative estimate of drug-likeness (QED) is 0.780. The van der Waals surface area contributed by atoms with Crippen molar-refractivity contribution in [2.45, 2.75) is 43.5 Å². The molecule has 0 aromatic heterocycles. The zero-order valence-corrected chi connectivity index (χ0v) is 13.4. The van der Waals surface area contributed by atoms with Crippen LogP contribution in [0.25, 0.3) is 0 Å². The first kappa shape index (κ1) is 15.2. The van der Waals surface area contributed by atoms with Crippen LogP contribution in [0.1, 0.15) is 32.6 Å². The first-order chi connectivity index (χ1) is 9.20. The fourth-order valence-electron chi connectivity index (χ4n) is 3.04. The van der Waals surface area contributed by atoms with Crippen molar-refractivity contribution in [1.82, 2.24) is 5.32 Å². The predicted octanol–water partition coefficient (Wildman–Crippen LogP) is 4.85. The Bertz CT molecular complexity index is 396. The number of hydrogen-bond donors (Lipinski definition) is 1. The van der Waals surface area contributed by atoms with Gasteiger partial charge in [-0.15, -0.1) is 11.8 Å². The normalized spacial score (nSPS) is 25.2. The third kappa shape index (κ3) is 4.40. The van der Waals surface area contributed by atoms with E-state index in [0.29, 0.717) is 6.04 Å². The van der Waals surface area contributed by atoms with Gasteiger partial charge in [0.05, 0.1) is 5.02 Å². The minimum absolute atomic E-state index is 0.601. The van der Waals surface area contributed by atoms with E-state index in [1.54, 1.807) is 0 Å². The van der Waals surface area contributed by atoms with Gasteiger partial charge < -0.3 is 5.32 Å². The number of hydrogen-bond acceptors (Lipinski definition) is 2. The lowest BCUT2D eigenvalue weighted by Gasteiger charge is -2.33. The summed E-state index contributed by atoms with van der Waals surface area (Å²) < 4.78 is 0. The largest absolute Gasteiger partial charge is 0.316 e. The van der Waals surface area contributed by atoms with Gasteiger partial charge in [-0.2, -0.15) is 0 Å². The molecule has 3 heteroatoms. The van der Waals surface area contributed by atoms with Crippen LogP contribution in [0.4, 0.5) is 0 Å². The Morgan fingerprint density at radius 1 is 1.37 bits per heavy atom. The monoisotopic (exact) mass is 297 g/mol. The van der Waals surface area contributed by atoms with Crippen LogP contribution in [0.15, 0.2) is 29.2 Å². The molecular weight excluding hydrogens is 274 g/mol. The molecule has 1 saturated carbocycles. The predicted molar refractivity (Wildman–Crippen MR) is 86.1 cm³/mol. The molecule has 1 aromatic carbocycles. The van der Waals surface area contributed by atoms with Crippen LogP contribution in [0.2, 0.25) is 5.02 Å². The highest BCUT2D eigenvalue weighted by molar-refractivity contribution is 7.99. The second-order valence-electron chi connectivity index (χ2n) is 5.67. The first-order valence-corrected chi connectivity index (χ1v) is 8.61. The van der Waals surface area contributed by atoms with Crippen LogP contribution in [0.5, 0.6) is 0 Å². The molecule has 1 aliphatic rings. The fourth-order valence-corrected chi connectivity index (χ4v) is 4.52. The van der Waals surface area contributed by atoms with Crippen LogP contribution < -0.4 is 5.32 Å². The maximum absolute atomic E-state index is 6.22. The van der Waals surface area contributed by atoms with Crippen molar-refractivity contribution in [3.63, 3.8) is 0 Å². The van der Waals surface area contributed by atoms with E-state index in [4.69, 9.17) is 11.6 Å². The SMILES string of the molecule is CNC(CSc1ccccc1Cl)C1CCCC(C)C1. The van der Waals surface area contributed by atoms with Crippen LogP contribution in [0, 0.1) is 11.8 Å². The number of benzene rings is 1. The van der Waals surface area contributed by atoms with Gasteiger partial charge in [0, 0.05) is 16.7 Å². The summed E-state index contributed by atoms with van der Waals surface area (Å²) in [7, 11) is 2.09. The Labute approximate surface area is 126 Å². The van der Waals surface area contributed by atoms with E-state index < -0.39 is 0 Å². The zero-order valence-electron chi connectivity index (χ0n) is 11.9. The van der Waals surface area contributed by atoms with Gasteiger partial charge in [0.15, 0.2) is 0 Å². The third-order valence-corrected chi connectivity index (χ3v) is 5.81. The minimum atomic E-state index is 0.601. The van der Waals surface area contributed by atoms with Gasteiger partial charge >= 0.3 is 0 Å². The molecule has 1 aromatic rings. The Hall–Kier alpha value is -0.180. The molecule has 0 amide bonds. The summed E-state index contributed by atoms with van der Waals surface area (Å²) in [6.07, 6.45) is 5.54. The van der Waals surface area contributed by atoms with Crippen LogP contribution in [0.3, 0.4) is 0 Å². The van der Waals surface area contributed by atoms with Gasteiger partial charge in [0.25, 0.3) is 0 Å². The molecule has 1 aliphatic carbocycles. The van der Waals surface area contributed by atoms with Crippen molar-refractivity contribution in [2.75, 3.05) is 12.8 Å². The molecule has 3 unspecified atom stereocenters. The van der Waals surface area contributed by atoms with Crippen molar-refractivity contribution in [3.05, 3.63) is 29.3 Å². The lowest BCUT2D eigenvalue weighted by molar-refractivity contribution is 0.240. The van der Waals surface area contributed by atoms with Crippen LogP contribution in [-0.4, -0.2) is 18.8 Å². The van der Waals surface area contributed by atoms with Gasteiger partial charge in [-0.3, -0.25) is 0 Å². The smallest absolute Gasteiger partial charge is 0.0541 e. The molecule has 2 rings (SSSR count). The first-order valence-electron chi connectivity index (χ1n) is 7.25. The molecule has 0 aliphatic heterocycles. The van der Waals surface area contributed by atoms with E-state index in [9.17, 15) is 0 Å². The van der Waals surface area contributed by atoms with Gasteiger partial charge in [0.2, 0.25) is 0 Å². The minimum Gasteiger partial charge on any atom is -0.316 e. The summed E-state index contributed by atoms with van der Waals surface area (Å²) in [5.41, 5.74) is 0. The second-order valence-corrected chi connectivity index (χ2v) is 7.14. The zero-order chi connectivity index (χ0) is 13.7. The maximum Gasteiger partial charge on any atom is 0.0541 e. The van der Waals surface area contributed by atoms with Gasteiger partial charge in [0.1, 0.15) is 0 Å². The Morgan fingerprint density at radius 3 is 2.84 bits per heavy atom. The van der Waals surface area contributed by atoms with Gasteiger partial charge in [-0.25, -0.2) is 0 Å². The summed E-state index contributed by atoms with van der Waals surface area (Å²) in [6, 6.07) is 8.74. The van der Waals surface area contributed by atoms with E-state index in [1.165, 1.54) is 30.6 Å². The lowest BCUT2D eigenvalue weighted by Crippen LogP contribution is -2.38. The molecule has 0 bridgehead atoms. The van der Waals surface area contributed by atoms with Crippen molar-refractivity contribution in [1.29, 1.82) is 0 Å². The molecule has 3 atom stereocenters. The van der Waals surface area contributed by atoms with Gasteiger partial charge in [-0.05, 0) is 43.9 Å². The molecule has 0 saturated heterocycles. The Morgan fingerprint density at radius 2 is 2.16 bits per heavy atom. The van der Waals surface area contributed by atoms with E-state index in [-0.39, 0.29) is 0 Å². The molecule has 0 heterocycles. The standard InChI is InChI=1S/C16H24ClNS/c1-12-6-5-7-13(10-12)15(18-2)11-19-16-9-4-3-8-14(16)17/h3-4,8-9,12-13,15,18H,5-7,10-11H2,1-2H3. The third-order valence-electron chi connectivity index (χ3n) is 4.17. The van der Waals surface area contributed by atoms with E-state index in [0.717, 1.165) is 22.6 Å². The van der Waals surface area contributed by atoms with Crippen molar-refractivity contribution >= 4 is 23.4 Å². The molecule has 0 radical (unpaired) electrons. The molecular formula is C16H24ClNS. The van der Waals surface area contributed by atoms with Crippen molar-refractivity contribution in [3.8, 4) is 0 Å². The summed E-state index contributed by atoms with van der Waals surface area (Å²) in [4.78, 5) is 1.20. The highest BCUT2D eigenvalue weighted by Crippen LogP contribution is 2.34. The average molecular weight is 298 g/mol. The highest BCUT2D eigenvalue weighted by atomic mass is 35.5. The highest BCUT2D eigenvalue weighted by Gasteiger charge is 2.25. The molecule has 106 valence electrons. The van der Waals surface area contributed by atoms with Crippen LogP contribution >= 0.6 is 23.4 Å². The summed E-state index contributed by atoms with van der Waals surface area (Å²) in [5, 5.41) is 4.39. The fraction of sp³-hybridized carbons (Fsp3) is 0.625. The molecule has 1 nitrogen and oxygen atoms in total. The molecule has 1 fully saturated rings. The summed E-state index contributed by atoms with van der Waals surface area (Å²) in [6.45, 7) is 2.39. The summed E-state index contributed by atoms with van der Waals surface area (Å²) >= 11 is 8.10. The lowest BCUT2D eigenvalue weighted by atomic mass is 9.79. The van der Waals surface area contributed by atoms with E-state index >= 15 is 0 Å². The number of thioether (sulfide) groups is 1. The molecule has 0 spiro atoms. The number of halogens is 1. The summed E-state index contributed by atoms with van der Waals surface area (Å²) in [5.74, 6) is 2.82. The van der Waals surface area contributed by atoms with E-state index in [1.807, 2.05) is 23.9 Å². The van der Waals surface area contributed by atoms with E-state index in [2.05, 4.69) is 31.4 Å². The Balaban J connectivity index is 1.90. The second kappa shape index (κ2) is 7.56. The van der Waals surface area contributed by atoms with Crippen molar-refractivity contribution in [2.24, 2.45) is 11.8 Å².